The summed E-state index contributed by atoms with van der Waals surface area (Å²) in [4.78, 5) is 8.24. The molecule has 8 nitrogen and oxygen atoms in total. The Morgan fingerprint density at radius 2 is 2.30 bits per heavy atom. The third-order valence-corrected chi connectivity index (χ3v) is 3.13. The van der Waals surface area contributed by atoms with Gasteiger partial charge >= 0.3 is 6.61 Å². The Hall–Kier alpha value is -2.49. The van der Waals surface area contributed by atoms with Crippen LogP contribution >= 0.6 is 0 Å². The Balaban J connectivity index is 1.57. The monoisotopic (exact) mass is 327 g/mol. The first-order chi connectivity index (χ1) is 11.2. The lowest BCUT2D eigenvalue weighted by Gasteiger charge is -2.10. The molecule has 1 aliphatic rings. The summed E-state index contributed by atoms with van der Waals surface area (Å²) in [6.07, 6.45) is 3.94. The summed E-state index contributed by atoms with van der Waals surface area (Å²) in [6.45, 7) is -0.979. The van der Waals surface area contributed by atoms with Crippen LogP contribution in [-0.2, 0) is 4.74 Å². The van der Waals surface area contributed by atoms with Crippen LogP contribution in [0.4, 0.5) is 20.4 Å². The van der Waals surface area contributed by atoms with E-state index in [4.69, 9.17) is 9.47 Å². The van der Waals surface area contributed by atoms with Crippen LogP contribution in [0.3, 0.4) is 0 Å². The van der Waals surface area contributed by atoms with Crippen LogP contribution in [0.15, 0.2) is 18.5 Å². The average molecular weight is 327 g/mol. The highest BCUT2D eigenvalue weighted by Gasteiger charge is 2.16. The van der Waals surface area contributed by atoms with E-state index >= 15 is 0 Å². The summed E-state index contributed by atoms with van der Waals surface area (Å²) in [5, 5.41) is 8.94. The second kappa shape index (κ2) is 7.18. The van der Waals surface area contributed by atoms with E-state index in [0.29, 0.717) is 36.6 Å². The second-order valence-corrected chi connectivity index (χ2v) is 4.91. The van der Waals surface area contributed by atoms with Crippen LogP contribution in [0.25, 0.3) is 0 Å². The molecule has 3 heterocycles. The van der Waals surface area contributed by atoms with Crippen LogP contribution in [0.1, 0.15) is 6.42 Å². The van der Waals surface area contributed by atoms with Gasteiger partial charge in [0, 0.05) is 18.6 Å². The zero-order valence-corrected chi connectivity index (χ0v) is 12.0. The Morgan fingerprint density at radius 1 is 1.39 bits per heavy atom. The first-order valence-corrected chi connectivity index (χ1v) is 6.99. The molecule has 0 aromatic carbocycles. The lowest BCUT2D eigenvalue weighted by molar-refractivity contribution is -0.0528. The van der Waals surface area contributed by atoms with Gasteiger partial charge in [-0.05, 0) is 6.42 Å². The van der Waals surface area contributed by atoms with E-state index in [1.54, 1.807) is 0 Å². The molecule has 0 aliphatic carbocycles. The number of nitrogens with zero attached hydrogens (tertiary/aromatic N) is 3. The lowest BCUT2D eigenvalue weighted by atomic mass is 10.1. The Labute approximate surface area is 130 Å². The van der Waals surface area contributed by atoms with Gasteiger partial charge in [0.25, 0.3) is 0 Å². The van der Waals surface area contributed by atoms with Crippen molar-refractivity contribution in [2.75, 3.05) is 25.1 Å². The molecule has 2 aromatic rings. The molecule has 3 rings (SSSR count). The quantitative estimate of drug-likeness (QED) is 0.803. The number of nitrogens with one attached hydrogen (secondary N) is 2. The number of hydrogen-bond donors (Lipinski definition) is 2. The predicted molar refractivity (Wildman–Crippen MR) is 75.0 cm³/mol. The highest BCUT2D eigenvalue weighted by atomic mass is 19.3. The van der Waals surface area contributed by atoms with Crippen molar-refractivity contribution in [2.24, 2.45) is 5.92 Å². The van der Waals surface area contributed by atoms with Crippen molar-refractivity contribution in [3.63, 3.8) is 0 Å². The molecule has 1 aliphatic heterocycles. The van der Waals surface area contributed by atoms with Gasteiger partial charge in [-0.25, -0.2) is 0 Å². The number of aromatic amines is 1. The highest BCUT2D eigenvalue weighted by molar-refractivity contribution is 5.51. The Morgan fingerprint density at radius 3 is 3.09 bits per heavy atom. The number of alkyl halides is 2. The van der Waals surface area contributed by atoms with Crippen LogP contribution in [0.2, 0.25) is 0 Å². The summed E-state index contributed by atoms with van der Waals surface area (Å²) in [5.74, 6) is 1.23. The SMILES string of the molecule is FC(F)Oc1cc(Nc2cncc(OCC3CCOC3)n2)[nH]n1. The Kier molecular flexibility index (Phi) is 4.81. The van der Waals surface area contributed by atoms with E-state index in [0.717, 1.165) is 13.0 Å². The summed E-state index contributed by atoms with van der Waals surface area (Å²) >= 11 is 0. The van der Waals surface area contributed by atoms with Gasteiger partial charge in [0.2, 0.25) is 11.8 Å². The number of anilines is 2. The largest absolute Gasteiger partial charge is 0.476 e. The molecule has 0 radical (unpaired) electrons. The van der Waals surface area contributed by atoms with Gasteiger partial charge in [0.05, 0.1) is 25.6 Å². The van der Waals surface area contributed by atoms with Gasteiger partial charge in [-0.3, -0.25) is 10.1 Å². The molecule has 1 fully saturated rings. The third kappa shape index (κ3) is 4.49. The normalized spacial score (nSPS) is 17.4. The molecule has 0 saturated carbocycles. The zero-order valence-electron chi connectivity index (χ0n) is 12.0. The second-order valence-electron chi connectivity index (χ2n) is 4.91. The number of hydrogen-bond acceptors (Lipinski definition) is 7. The van der Waals surface area contributed by atoms with Crippen molar-refractivity contribution in [1.29, 1.82) is 0 Å². The molecular weight excluding hydrogens is 312 g/mol. The number of rotatable bonds is 7. The number of aromatic nitrogens is 4. The minimum Gasteiger partial charge on any atom is -0.476 e. The van der Waals surface area contributed by atoms with E-state index < -0.39 is 6.61 Å². The molecular formula is C13H15F2N5O3. The maximum atomic E-state index is 12.1. The number of H-pyrrole nitrogens is 1. The molecule has 0 spiro atoms. The molecule has 124 valence electrons. The molecule has 1 saturated heterocycles. The van der Waals surface area contributed by atoms with E-state index in [1.807, 2.05) is 0 Å². The first kappa shape index (κ1) is 15.4. The van der Waals surface area contributed by atoms with Crippen molar-refractivity contribution in [1.82, 2.24) is 20.2 Å². The van der Waals surface area contributed by atoms with Gasteiger partial charge in [0.1, 0.15) is 5.82 Å². The summed E-state index contributed by atoms with van der Waals surface area (Å²) in [7, 11) is 0. The molecule has 1 atom stereocenters. The molecule has 10 heteroatoms. The molecule has 0 bridgehead atoms. The molecule has 2 aromatic heterocycles. The lowest BCUT2D eigenvalue weighted by Crippen LogP contribution is -2.12. The molecule has 1 unspecified atom stereocenters. The van der Waals surface area contributed by atoms with Crippen molar-refractivity contribution in [3.05, 3.63) is 18.5 Å². The van der Waals surface area contributed by atoms with Gasteiger partial charge < -0.3 is 19.5 Å². The standard InChI is InChI=1S/C13H15F2N5O3/c14-13(15)23-11-3-9(19-20-11)17-10-4-16-5-12(18-10)22-7-8-1-2-21-6-8/h3-5,8,13H,1-2,6-7H2,(H2,17,18,19,20). The fourth-order valence-corrected chi connectivity index (χ4v) is 2.05. The van der Waals surface area contributed by atoms with Gasteiger partial charge in [-0.1, -0.05) is 0 Å². The van der Waals surface area contributed by atoms with Crippen LogP contribution in [0, 0.1) is 5.92 Å². The van der Waals surface area contributed by atoms with Gasteiger partial charge in [0.15, 0.2) is 5.82 Å². The Bertz CT molecular complexity index is 634. The van der Waals surface area contributed by atoms with Crippen molar-refractivity contribution in [2.45, 2.75) is 13.0 Å². The molecule has 2 N–H and O–H groups in total. The molecule has 23 heavy (non-hydrogen) atoms. The fraction of sp³-hybridized carbons (Fsp3) is 0.462. The third-order valence-electron chi connectivity index (χ3n) is 3.13. The van der Waals surface area contributed by atoms with Crippen LogP contribution < -0.4 is 14.8 Å². The average Bonchev–Trinajstić information content (AvgIpc) is 3.17. The van der Waals surface area contributed by atoms with E-state index in [9.17, 15) is 8.78 Å². The summed E-state index contributed by atoms with van der Waals surface area (Å²) in [5.41, 5.74) is 0. The fourth-order valence-electron chi connectivity index (χ4n) is 2.05. The van der Waals surface area contributed by atoms with Crippen molar-refractivity contribution >= 4 is 11.6 Å². The maximum absolute atomic E-state index is 12.1. The number of ether oxygens (including phenoxy) is 3. The van der Waals surface area contributed by atoms with Crippen molar-refractivity contribution in [3.8, 4) is 11.8 Å². The smallest absolute Gasteiger partial charge is 0.388 e. The molecule has 0 amide bonds. The first-order valence-electron chi connectivity index (χ1n) is 6.99. The van der Waals surface area contributed by atoms with Crippen LogP contribution in [-0.4, -0.2) is 46.6 Å². The minimum absolute atomic E-state index is 0.218. The van der Waals surface area contributed by atoms with Gasteiger partial charge in [-0.15, -0.1) is 5.10 Å². The van der Waals surface area contributed by atoms with E-state index in [2.05, 4.69) is 30.2 Å². The zero-order chi connectivity index (χ0) is 16.1. The predicted octanol–water partition coefficient (Wildman–Crippen LogP) is 1.96. The van der Waals surface area contributed by atoms with Crippen molar-refractivity contribution < 1.29 is 23.0 Å². The topological polar surface area (TPSA) is 94.2 Å². The van der Waals surface area contributed by atoms with Gasteiger partial charge in [-0.2, -0.15) is 13.8 Å². The van der Waals surface area contributed by atoms with Crippen LogP contribution in [0.5, 0.6) is 11.8 Å². The summed E-state index contributed by atoms with van der Waals surface area (Å²) < 4.78 is 39.2. The summed E-state index contributed by atoms with van der Waals surface area (Å²) in [6, 6.07) is 1.29. The minimum atomic E-state index is -2.93. The maximum Gasteiger partial charge on any atom is 0.388 e. The number of halogens is 2. The highest BCUT2D eigenvalue weighted by Crippen LogP contribution is 2.20. The van der Waals surface area contributed by atoms with E-state index in [1.165, 1.54) is 18.5 Å². The van der Waals surface area contributed by atoms with E-state index in [-0.39, 0.29) is 5.88 Å².